The van der Waals surface area contributed by atoms with E-state index in [1.54, 1.807) is 0 Å². The van der Waals surface area contributed by atoms with Gasteiger partial charge >= 0.3 is 0 Å². The van der Waals surface area contributed by atoms with Crippen molar-refractivity contribution in [2.24, 2.45) is 5.92 Å². The quantitative estimate of drug-likeness (QED) is 0.438. The summed E-state index contributed by atoms with van der Waals surface area (Å²) in [5.74, 6) is 2.43. The van der Waals surface area contributed by atoms with Gasteiger partial charge in [-0.1, -0.05) is 49.1 Å². The number of hydrogen-bond acceptors (Lipinski definition) is 4. The molecule has 0 atom stereocenters. The summed E-state index contributed by atoms with van der Waals surface area (Å²) in [4.78, 5) is 20.7. The Morgan fingerprint density at radius 3 is 2.58 bits per heavy atom. The third-order valence-corrected chi connectivity index (χ3v) is 10.5. The van der Waals surface area contributed by atoms with Crippen LogP contribution in [-0.2, 0) is 5.41 Å². The lowest BCUT2D eigenvalue weighted by Crippen LogP contribution is -2.36. The van der Waals surface area contributed by atoms with Gasteiger partial charge in [0, 0.05) is 0 Å². The van der Waals surface area contributed by atoms with Crippen LogP contribution in [0.3, 0.4) is 0 Å². The average Bonchev–Trinajstić information content (AvgIpc) is 3.21. The molecule has 2 saturated heterocycles. The highest BCUT2D eigenvalue weighted by atomic mass is 35.5. The molecule has 1 aliphatic carbocycles. The standard InChI is InChI=1S/C32H39ClN4O/c33-26-5-4-6-27-29(26)30(38)35-31-32(14-2-1-3-15-32)25-8-7-24(21-28(25)37(27)31)23-12-19-36(20-13-23)18-11-22-9-16-34-17-10-22/h4-8,21-23,34H,1-3,9-20H2. The Hall–Kier alpha value is -2.21. The van der Waals surface area contributed by atoms with E-state index in [2.05, 4.69) is 33.0 Å². The third kappa shape index (κ3) is 4.13. The highest BCUT2D eigenvalue weighted by molar-refractivity contribution is 6.35. The molecule has 1 N–H and O–H groups in total. The molecular weight excluding hydrogens is 492 g/mol. The molecule has 3 aromatic rings. The zero-order valence-corrected chi connectivity index (χ0v) is 23.1. The Bertz CT molecular complexity index is 1390. The molecule has 0 radical (unpaired) electrons. The normalized spacial score (nSPS) is 22.1. The van der Waals surface area contributed by atoms with Crippen molar-refractivity contribution >= 4 is 22.5 Å². The van der Waals surface area contributed by atoms with Gasteiger partial charge in [0.2, 0.25) is 0 Å². The number of aromatic nitrogens is 2. The predicted octanol–water partition coefficient (Wildman–Crippen LogP) is 6.17. The number of hydrogen-bond donors (Lipinski definition) is 1. The lowest BCUT2D eigenvalue weighted by Gasteiger charge is -2.34. The van der Waals surface area contributed by atoms with Gasteiger partial charge in [0.1, 0.15) is 5.82 Å². The van der Waals surface area contributed by atoms with Crippen LogP contribution in [0.5, 0.6) is 0 Å². The Morgan fingerprint density at radius 2 is 1.79 bits per heavy atom. The zero-order chi connectivity index (χ0) is 25.7. The first-order chi connectivity index (χ1) is 18.6. The maximum Gasteiger partial charge on any atom is 0.282 e. The highest BCUT2D eigenvalue weighted by Crippen LogP contribution is 2.52. The van der Waals surface area contributed by atoms with Crippen molar-refractivity contribution in [2.75, 3.05) is 32.7 Å². The van der Waals surface area contributed by atoms with Crippen LogP contribution in [0.15, 0.2) is 41.2 Å². The van der Waals surface area contributed by atoms with E-state index >= 15 is 0 Å². The highest BCUT2D eigenvalue weighted by Gasteiger charge is 2.46. The monoisotopic (exact) mass is 530 g/mol. The van der Waals surface area contributed by atoms with Gasteiger partial charge in [0.15, 0.2) is 0 Å². The van der Waals surface area contributed by atoms with E-state index < -0.39 is 0 Å². The third-order valence-electron chi connectivity index (χ3n) is 10.2. The van der Waals surface area contributed by atoms with E-state index in [4.69, 9.17) is 16.6 Å². The average molecular weight is 531 g/mol. The topological polar surface area (TPSA) is 50.2 Å². The molecule has 4 heterocycles. The molecule has 5 nitrogen and oxygen atoms in total. The molecule has 4 aliphatic rings. The largest absolute Gasteiger partial charge is 0.317 e. The first-order valence-corrected chi connectivity index (χ1v) is 15.3. The van der Waals surface area contributed by atoms with Crippen molar-refractivity contribution in [3.8, 4) is 5.69 Å². The number of rotatable bonds is 4. The summed E-state index contributed by atoms with van der Waals surface area (Å²) in [6.45, 7) is 6.03. The van der Waals surface area contributed by atoms with E-state index in [1.807, 2.05) is 18.2 Å². The molecule has 3 aliphatic heterocycles. The number of nitrogens with one attached hydrogen (secondary N) is 1. The molecule has 38 heavy (non-hydrogen) atoms. The van der Waals surface area contributed by atoms with Gasteiger partial charge in [-0.25, -0.2) is 0 Å². The minimum Gasteiger partial charge on any atom is -0.317 e. The Labute approximate surface area is 230 Å². The van der Waals surface area contributed by atoms with Crippen molar-refractivity contribution < 1.29 is 0 Å². The Kier molecular flexibility index (Phi) is 6.58. The molecule has 7 rings (SSSR count). The van der Waals surface area contributed by atoms with Crippen molar-refractivity contribution in [2.45, 2.75) is 75.5 Å². The summed E-state index contributed by atoms with van der Waals surface area (Å²) in [6, 6.07) is 13.0. The van der Waals surface area contributed by atoms with Crippen molar-refractivity contribution in [1.29, 1.82) is 0 Å². The maximum atomic E-state index is 13.2. The van der Waals surface area contributed by atoms with E-state index in [9.17, 15) is 4.79 Å². The Balaban J connectivity index is 1.20. The first kappa shape index (κ1) is 24.8. The summed E-state index contributed by atoms with van der Waals surface area (Å²) in [6.07, 6.45) is 12.2. The van der Waals surface area contributed by atoms with Gasteiger partial charge in [-0.05, 0) is 119 Å². The van der Waals surface area contributed by atoms with Crippen LogP contribution in [0.4, 0.5) is 0 Å². The summed E-state index contributed by atoms with van der Waals surface area (Å²) in [5, 5.41) is 4.53. The summed E-state index contributed by atoms with van der Waals surface area (Å²) >= 11 is 6.55. The van der Waals surface area contributed by atoms with Gasteiger partial charge in [-0.2, -0.15) is 4.98 Å². The van der Waals surface area contributed by atoms with Crippen molar-refractivity contribution in [3.63, 3.8) is 0 Å². The SMILES string of the molecule is O=c1nc2n(c3cccc(Cl)c13)-c1cc(C3CCN(CCC4CCNCC4)CC3)ccc1C21CCCCC1. The molecule has 2 aromatic carbocycles. The fourth-order valence-corrected chi connectivity index (χ4v) is 8.23. The van der Waals surface area contributed by atoms with E-state index in [1.165, 1.54) is 101 Å². The molecule has 1 saturated carbocycles. The molecule has 0 bridgehead atoms. The van der Waals surface area contributed by atoms with Crippen LogP contribution in [0.1, 0.15) is 87.1 Å². The molecule has 0 amide bonds. The summed E-state index contributed by atoms with van der Waals surface area (Å²) < 4.78 is 2.29. The minimum absolute atomic E-state index is 0.153. The number of piperidine rings is 2. The second kappa shape index (κ2) is 10.1. The fourth-order valence-electron chi connectivity index (χ4n) is 7.98. The fraction of sp³-hybridized carbons (Fsp3) is 0.562. The Morgan fingerprint density at radius 1 is 1.00 bits per heavy atom. The van der Waals surface area contributed by atoms with E-state index in [0.29, 0.717) is 16.3 Å². The van der Waals surface area contributed by atoms with Crippen LogP contribution in [0.2, 0.25) is 5.02 Å². The van der Waals surface area contributed by atoms with Gasteiger partial charge in [-0.3, -0.25) is 9.36 Å². The van der Waals surface area contributed by atoms with Crippen LogP contribution in [-0.4, -0.2) is 47.2 Å². The van der Waals surface area contributed by atoms with E-state index in [0.717, 1.165) is 30.1 Å². The second-order valence-corrected chi connectivity index (χ2v) is 12.6. The van der Waals surface area contributed by atoms with Gasteiger partial charge in [0.05, 0.1) is 27.0 Å². The zero-order valence-electron chi connectivity index (χ0n) is 22.4. The minimum atomic E-state index is -0.188. The molecule has 6 heteroatoms. The van der Waals surface area contributed by atoms with E-state index in [-0.39, 0.29) is 11.0 Å². The van der Waals surface area contributed by atoms with Crippen LogP contribution in [0, 0.1) is 5.92 Å². The number of fused-ring (bicyclic) bond motifs is 7. The van der Waals surface area contributed by atoms with Crippen LogP contribution in [0.25, 0.3) is 16.6 Å². The molecule has 3 fully saturated rings. The summed E-state index contributed by atoms with van der Waals surface area (Å²) in [7, 11) is 0. The predicted molar refractivity (Wildman–Crippen MR) is 155 cm³/mol. The molecule has 1 spiro atoms. The molecule has 1 aromatic heterocycles. The molecular formula is C32H39ClN4O. The van der Waals surface area contributed by atoms with Crippen LogP contribution >= 0.6 is 11.6 Å². The molecule has 200 valence electrons. The van der Waals surface area contributed by atoms with Gasteiger partial charge < -0.3 is 10.2 Å². The number of nitrogens with zero attached hydrogens (tertiary/aromatic N) is 3. The second-order valence-electron chi connectivity index (χ2n) is 12.2. The number of benzene rings is 2. The smallest absolute Gasteiger partial charge is 0.282 e. The van der Waals surface area contributed by atoms with Crippen molar-refractivity contribution in [3.05, 3.63) is 68.7 Å². The lowest BCUT2D eigenvalue weighted by molar-refractivity contribution is 0.191. The lowest BCUT2D eigenvalue weighted by atomic mass is 9.69. The van der Waals surface area contributed by atoms with Crippen LogP contribution < -0.4 is 10.9 Å². The molecule has 0 unspecified atom stereocenters. The van der Waals surface area contributed by atoms with Crippen molar-refractivity contribution in [1.82, 2.24) is 19.8 Å². The maximum absolute atomic E-state index is 13.2. The number of likely N-dealkylation sites (tertiary alicyclic amines) is 1. The summed E-state index contributed by atoms with van der Waals surface area (Å²) in [5.41, 5.74) is 4.59. The van der Waals surface area contributed by atoms with Gasteiger partial charge in [-0.15, -0.1) is 0 Å². The van der Waals surface area contributed by atoms with Gasteiger partial charge in [0.25, 0.3) is 5.56 Å². The first-order valence-electron chi connectivity index (χ1n) is 14.9. The number of halogens is 1.